The molecule has 3 rings (SSSR count). The number of halogens is 5. The molecule has 1 aromatic heterocycles. The van der Waals surface area contributed by atoms with Crippen molar-refractivity contribution < 1.29 is 17.6 Å². The summed E-state index contributed by atoms with van der Waals surface area (Å²) >= 11 is 0.960. The first-order valence-electron chi connectivity index (χ1n) is 8.84. The van der Waals surface area contributed by atoms with Crippen LogP contribution >= 0.6 is 35.3 Å². The number of guanidine groups is 1. The van der Waals surface area contributed by atoms with Crippen molar-refractivity contribution in [1.29, 1.82) is 0 Å². The molecule has 0 amide bonds. The Hall–Kier alpha value is -1.63. The number of rotatable bonds is 4. The van der Waals surface area contributed by atoms with Crippen molar-refractivity contribution in [2.75, 3.05) is 25.0 Å². The molecule has 2 heterocycles. The number of hydrogen-bond acceptors (Lipinski definition) is 4. The van der Waals surface area contributed by atoms with E-state index in [1.165, 1.54) is 12.1 Å². The summed E-state index contributed by atoms with van der Waals surface area (Å²) in [6.45, 7) is 1.72. The molecule has 1 fully saturated rings. The fourth-order valence-corrected chi connectivity index (χ4v) is 3.77. The van der Waals surface area contributed by atoms with Crippen LogP contribution in [0.25, 0.3) is 0 Å². The van der Waals surface area contributed by atoms with Crippen molar-refractivity contribution in [3.63, 3.8) is 0 Å². The third kappa shape index (κ3) is 6.69. The summed E-state index contributed by atoms with van der Waals surface area (Å²) in [4.78, 5) is 9.85. The van der Waals surface area contributed by atoms with E-state index in [-0.39, 0.29) is 42.4 Å². The Morgan fingerprint density at radius 2 is 2.03 bits per heavy atom. The minimum Gasteiger partial charge on any atom is -0.371 e. The molecule has 29 heavy (non-hydrogen) atoms. The normalized spacial score (nSPS) is 15.8. The van der Waals surface area contributed by atoms with Gasteiger partial charge in [-0.25, -0.2) is 9.37 Å². The highest BCUT2D eigenvalue weighted by molar-refractivity contribution is 14.0. The average Bonchev–Trinajstić information content (AvgIpc) is 3.15. The van der Waals surface area contributed by atoms with Crippen molar-refractivity contribution in [3.8, 4) is 0 Å². The molecule has 1 aliphatic heterocycles. The van der Waals surface area contributed by atoms with E-state index in [0.717, 1.165) is 48.3 Å². The van der Waals surface area contributed by atoms with Gasteiger partial charge in [0, 0.05) is 37.2 Å². The standard InChI is InChI=1S/C18H21F4N5S.HI/c1-23-17(24-10-16-26-15(11-28-16)18(20,21)22)25-13-5-7-27(8-6-13)14-4-2-3-12(19)9-14;/h2-4,9,11,13H,5-8,10H2,1H3,(H2,23,24,25);1H. The second kappa shape index (κ2) is 10.4. The lowest BCUT2D eigenvalue weighted by Gasteiger charge is -2.34. The first kappa shape index (κ1) is 23.6. The Balaban J connectivity index is 0.00000300. The number of nitrogens with zero attached hydrogens (tertiary/aromatic N) is 3. The topological polar surface area (TPSA) is 52.6 Å². The van der Waals surface area contributed by atoms with Crippen LogP contribution in [0.3, 0.4) is 0 Å². The summed E-state index contributed by atoms with van der Waals surface area (Å²) in [6.07, 6.45) is -2.75. The molecule has 160 valence electrons. The molecule has 0 radical (unpaired) electrons. The molecule has 0 atom stereocenters. The highest BCUT2D eigenvalue weighted by Crippen LogP contribution is 2.30. The maximum atomic E-state index is 13.4. The van der Waals surface area contributed by atoms with Gasteiger partial charge in [-0.15, -0.1) is 35.3 Å². The molecule has 5 nitrogen and oxygen atoms in total. The van der Waals surface area contributed by atoms with Crippen LogP contribution in [0.2, 0.25) is 0 Å². The summed E-state index contributed by atoms with van der Waals surface area (Å²) in [6, 6.07) is 6.72. The highest BCUT2D eigenvalue weighted by Gasteiger charge is 2.33. The van der Waals surface area contributed by atoms with Crippen LogP contribution in [0.15, 0.2) is 34.6 Å². The average molecular weight is 543 g/mol. The molecular formula is C18H22F4IN5S. The van der Waals surface area contributed by atoms with Crippen molar-refractivity contribution in [2.24, 2.45) is 4.99 Å². The molecular weight excluding hydrogens is 521 g/mol. The van der Waals surface area contributed by atoms with Gasteiger partial charge in [0.1, 0.15) is 10.8 Å². The molecule has 1 aromatic carbocycles. The third-order valence-electron chi connectivity index (χ3n) is 4.48. The van der Waals surface area contributed by atoms with Crippen LogP contribution in [0.5, 0.6) is 0 Å². The molecule has 2 aromatic rings. The van der Waals surface area contributed by atoms with Crippen LogP contribution < -0.4 is 15.5 Å². The number of benzene rings is 1. The zero-order chi connectivity index (χ0) is 20.1. The molecule has 0 unspecified atom stereocenters. The number of nitrogens with one attached hydrogen (secondary N) is 2. The predicted octanol–water partition coefficient (Wildman–Crippen LogP) is 4.25. The zero-order valence-electron chi connectivity index (χ0n) is 15.7. The monoisotopic (exact) mass is 543 g/mol. The smallest absolute Gasteiger partial charge is 0.371 e. The van der Waals surface area contributed by atoms with Gasteiger partial charge in [-0.2, -0.15) is 13.2 Å². The fourth-order valence-electron chi connectivity index (χ4n) is 3.02. The lowest BCUT2D eigenvalue weighted by Crippen LogP contribution is -2.48. The van der Waals surface area contributed by atoms with Crippen LogP contribution in [-0.4, -0.2) is 37.1 Å². The van der Waals surface area contributed by atoms with Crippen LogP contribution in [-0.2, 0) is 12.7 Å². The maximum Gasteiger partial charge on any atom is 0.434 e. The van der Waals surface area contributed by atoms with E-state index >= 15 is 0 Å². The van der Waals surface area contributed by atoms with Gasteiger partial charge in [-0.1, -0.05) is 6.07 Å². The van der Waals surface area contributed by atoms with Gasteiger partial charge in [0.15, 0.2) is 11.7 Å². The second-order valence-corrected chi connectivity index (χ2v) is 7.38. The summed E-state index contributed by atoms with van der Waals surface area (Å²) in [7, 11) is 1.61. The maximum absolute atomic E-state index is 13.4. The number of hydrogen-bond donors (Lipinski definition) is 2. The lowest BCUT2D eigenvalue weighted by molar-refractivity contribution is -0.140. The van der Waals surface area contributed by atoms with Gasteiger partial charge in [0.2, 0.25) is 0 Å². The van der Waals surface area contributed by atoms with Crippen LogP contribution in [0.4, 0.5) is 23.2 Å². The SMILES string of the molecule is CN=C(NCc1nc(C(F)(F)F)cs1)NC1CCN(c2cccc(F)c2)CC1.I. The number of aromatic nitrogens is 1. The Bertz CT molecular complexity index is 819. The van der Waals surface area contributed by atoms with Crippen molar-refractivity contribution in [2.45, 2.75) is 31.6 Å². The van der Waals surface area contributed by atoms with E-state index in [0.29, 0.717) is 11.0 Å². The van der Waals surface area contributed by atoms with Gasteiger partial charge in [0.25, 0.3) is 0 Å². The van der Waals surface area contributed by atoms with Gasteiger partial charge in [0.05, 0.1) is 6.54 Å². The highest BCUT2D eigenvalue weighted by atomic mass is 127. The Kier molecular flexibility index (Phi) is 8.49. The van der Waals surface area contributed by atoms with Gasteiger partial charge in [-0.3, -0.25) is 4.99 Å². The molecule has 1 saturated heterocycles. The molecule has 1 aliphatic rings. The van der Waals surface area contributed by atoms with E-state index in [9.17, 15) is 17.6 Å². The fraction of sp³-hybridized carbons (Fsp3) is 0.444. The summed E-state index contributed by atoms with van der Waals surface area (Å²) in [5, 5.41) is 7.65. The molecule has 0 aliphatic carbocycles. The largest absolute Gasteiger partial charge is 0.434 e. The molecule has 2 N–H and O–H groups in total. The molecule has 0 bridgehead atoms. The first-order valence-corrected chi connectivity index (χ1v) is 9.72. The van der Waals surface area contributed by atoms with Gasteiger partial charge in [-0.05, 0) is 31.0 Å². The van der Waals surface area contributed by atoms with Gasteiger partial charge < -0.3 is 15.5 Å². The summed E-state index contributed by atoms with van der Waals surface area (Å²) < 4.78 is 51.2. The van der Waals surface area contributed by atoms with E-state index in [1.54, 1.807) is 13.1 Å². The molecule has 0 spiro atoms. The zero-order valence-corrected chi connectivity index (χ0v) is 18.8. The minimum atomic E-state index is -4.43. The Morgan fingerprint density at radius 3 is 2.62 bits per heavy atom. The van der Waals surface area contributed by atoms with Crippen LogP contribution in [0.1, 0.15) is 23.5 Å². The summed E-state index contributed by atoms with van der Waals surface area (Å²) in [5.74, 6) is 0.270. The molecule has 0 saturated carbocycles. The predicted molar refractivity (Wildman–Crippen MR) is 118 cm³/mol. The lowest BCUT2D eigenvalue weighted by atomic mass is 10.0. The molecule has 11 heteroatoms. The number of anilines is 1. The van der Waals surface area contributed by atoms with Crippen LogP contribution in [0, 0.1) is 5.82 Å². The minimum absolute atomic E-state index is 0. The van der Waals surface area contributed by atoms with E-state index in [1.807, 2.05) is 6.07 Å². The second-order valence-electron chi connectivity index (χ2n) is 6.44. The summed E-state index contributed by atoms with van der Waals surface area (Å²) in [5.41, 5.74) is -0.00726. The number of alkyl halides is 3. The van der Waals surface area contributed by atoms with Crippen molar-refractivity contribution in [1.82, 2.24) is 15.6 Å². The Labute approximate surface area is 187 Å². The number of piperidine rings is 1. The van der Waals surface area contributed by atoms with Gasteiger partial charge >= 0.3 is 6.18 Å². The van der Waals surface area contributed by atoms with Crippen molar-refractivity contribution in [3.05, 3.63) is 46.2 Å². The first-order chi connectivity index (χ1) is 13.3. The van der Waals surface area contributed by atoms with E-state index in [2.05, 4.69) is 25.5 Å². The quantitative estimate of drug-likeness (QED) is 0.262. The third-order valence-corrected chi connectivity index (χ3v) is 5.33. The number of thiazole rings is 1. The van der Waals surface area contributed by atoms with E-state index < -0.39 is 11.9 Å². The van der Waals surface area contributed by atoms with Crippen molar-refractivity contribution >= 4 is 47.0 Å². The number of aliphatic imine (C=N–C) groups is 1. The van der Waals surface area contributed by atoms with E-state index in [4.69, 9.17) is 0 Å². The Morgan fingerprint density at radius 1 is 1.31 bits per heavy atom.